The van der Waals surface area contributed by atoms with Gasteiger partial charge in [0.15, 0.2) is 0 Å². The molecule has 0 aliphatic heterocycles. The van der Waals surface area contributed by atoms with Crippen LogP contribution >= 0.6 is 11.8 Å². The first kappa shape index (κ1) is 13.3. The van der Waals surface area contributed by atoms with Crippen molar-refractivity contribution >= 4 is 23.6 Å². The Morgan fingerprint density at radius 1 is 1.56 bits per heavy atom. The Hall–Kier alpha value is -0.750. The predicted molar refractivity (Wildman–Crippen MR) is 66.7 cm³/mol. The highest BCUT2D eigenvalue weighted by Gasteiger charge is 2.31. The summed E-state index contributed by atoms with van der Waals surface area (Å²) in [6.07, 6.45) is 2.40. The number of nitrogens with zero attached hydrogens (tertiary/aromatic N) is 1. The lowest BCUT2D eigenvalue weighted by Gasteiger charge is -2.12. The van der Waals surface area contributed by atoms with E-state index in [1.807, 2.05) is 0 Å². The van der Waals surface area contributed by atoms with E-state index in [-0.39, 0.29) is 6.04 Å². The quantitative estimate of drug-likeness (QED) is 0.442. The number of carboxylic acids is 1. The lowest BCUT2D eigenvalue weighted by Crippen LogP contribution is -2.33. The number of hydrogen-bond donors (Lipinski definition) is 3. The van der Waals surface area contributed by atoms with E-state index in [4.69, 9.17) is 16.6 Å². The molecule has 0 aromatic carbocycles. The average Bonchev–Trinajstić information content (AvgIpc) is 2.98. The second-order valence-corrected chi connectivity index (χ2v) is 5.23. The summed E-state index contributed by atoms with van der Waals surface area (Å²) in [5.74, 6) is 1.51. The van der Waals surface area contributed by atoms with Crippen molar-refractivity contribution in [3.8, 4) is 0 Å². The molecule has 0 aromatic heterocycles. The first-order valence-electron chi connectivity index (χ1n) is 5.36. The SMILES string of the molecule is CC(N)=NC(CSCC(N)C(=O)O)C1CC1. The van der Waals surface area contributed by atoms with Gasteiger partial charge in [-0.2, -0.15) is 11.8 Å². The molecule has 0 heterocycles. The van der Waals surface area contributed by atoms with Gasteiger partial charge in [-0.05, 0) is 25.7 Å². The van der Waals surface area contributed by atoms with Crippen LogP contribution in [0.25, 0.3) is 0 Å². The summed E-state index contributed by atoms with van der Waals surface area (Å²) in [4.78, 5) is 14.9. The Balaban J connectivity index is 2.28. The summed E-state index contributed by atoms with van der Waals surface area (Å²) in [6.45, 7) is 1.78. The van der Waals surface area contributed by atoms with E-state index in [2.05, 4.69) is 4.99 Å². The highest BCUT2D eigenvalue weighted by atomic mass is 32.2. The Morgan fingerprint density at radius 3 is 2.62 bits per heavy atom. The van der Waals surface area contributed by atoms with E-state index in [0.717, 1.165) is 5.75 Å². The Morgan fingerprint density at radius 2 is 2.19 bits per heavy atom. The van der Waals surface area contributed by atoms with Crippen molar-refractivity contribution in [2.24, 2.45) is 22.4 Å². The van der Waals surface area contributed by atoms with Gasteiger partial charge >= 0.3 is 5.97 Å². The lowest BCUT2D eigenvalue weighted by atomic mass is 10.2. The van der Waals surface area contributed by atoms with E-state index in [1.54, 1.807) is 6.92 Å². The van der Waals surface area contributed by atoms with Crippen LogP contribution < -0.4 is 11.5 Å². The Kier molecular flexibility index (Phi) is 5.08. The molecule has 0 amide bonds. The fraction of sp³-hybridized carbons (Fsp3) is 0.800. The molecule has 5 N–H and O–H groups in total. The number of hydrogen-bond acceptors (Lipinski definition) is 4. The molecule has 0 bridgehead atoms. The van der Waals surface area contributed by atoms with Gasteiger partial charge < -0.3 is 16.6 Å². The van der Waals surface area contributed by atoms with Crippen LogP contribution in [0.5, 0.6) is 0 Å². The van der Waals surface area contributed by atoms with Crippen LogP contribution in [0.4, 0.5) is 0 Å². The topological polar surface area (TPSA) is 102 Å². The molecule has 2 unspecified atom stereocenters. The van der Waals surface area contributed by atoms with Crippen LogP contribution in [0.2, 0.25) is 0 Å². The molecule has 5 nitrogen and oxygen atoms in total. The van der Waals surface area contributed by atoms with Crippen molar-refractivity contribution in [1.29, 1.82) is 0 Å². The molecular formula is C10H19N3O2S. The van der Waals surface area contributed by atoms with Crippen LogP contribution in [0.15, 0.2) is 4.99 Å². The summed E-state index contributed by atoms with van der Waals surface area (Å²) >= 11 is 1.54. The van der Waals surface area contributed by atoms with Crippen molar-refractivity contribution in [3.63, 3.8) is 0 Å². The zero-order chi connectivity index (χ0) is 12.1. The Bertz CT molecular complexity index is 275. The van der Waals surface area contributed by atoms with Gasteiger partial charge in [0.25, 0.3) is 0 Å². The molecule has 1 aliphatic rings. The fourth-order valence-corrected chi connectivity index (χ4v) is 2.53. The third-order valence-corrected chi connectivity index (χ3v) is 3.61. The predicted octanol–water partition coefficient (Wildman–Crippen LogP) is 0.287. The average molecular weight is 245 g/mol. The minimum Gasteiger partial charge on any atom is -0.480 e. The molecule has 16 heavy (non-hydrogen) atoms. The van der Waals surface area contributed by atoms with Crippen molar-refractivity contribution in [1.82, 2.24) is 0 Å². The van der Waals surface area contributed by atoms with Gasteiger partial charge in [-0.1, -0.05) is 0 Å². The van der Waals surface area contributed by atoms with Crippen molar-refractivity contribution in [3.05, 3.63) is 0 Å². The summed E-state index contributed by atoms with van der Waals surface area (Å²) in [5, 5.41) is 8.63. The van der Waals surface area contributed by atoms with Crippen LogP contribution in [0.1, 0.15) is 19.8 Å². The molecule has 0 spiro atoms. The zero-order valence-electron chi connectivity index (χ0n) is 9.43. The molecule has 0 saturated heterocycles. The maximum absolute atomic E-state index is 10.5. The number of amidine groups is 1. The minimum atomic E-state index is -0.950. The molecule has 92 valence electrons. The van der Waals surface area contributed by atoms with Gasteiger partial charge in [0.2, 0.25) is 0 Å². The van der Waals surface area contributed by atoms with Crippen LogP contribution in [0, 0.1) is 5.92 Å². The fourth-order valence-electron chi connectivity index (χ4n) is 1.41. The summed E-state index contributed by atoms with van der Waals surface area (Å²) < 4.78 is 0. The normalized spacial score (nSPS) is 20.5. The number of aliphatic carboxylic acids is 1. The zero-order valence-corrected chi connectivity index (χ0v) is 10.2. The highest BCUT2D eigenvalue weighted by Crippen LogP contribution is 2.35. The van der Waals surface area contributed by atoms with Crippen molar-refractivity contribution in [2.75, 3.05) is 11.5 Å². The second kappa shape index (κ2) is 6.10. The first-order chi connectivity index (χ1) is 7.50. The number of thioether (sulfide) groups is 1. The monoisotopic (exact) mass is 245 g/mol. The molecule has 6 heteroatoms. The molecule has 0 aromatic rings. The molecule has 0 radical (unpaired) electrons. The van der Waals surface area contributed by atoms with Gasteiger partial charge in [0.05, 0.1) is 11.9 Å². The molecule has 1 rings (SSSR count). The van der Waals surface area contributed by atoms with Crippen molar-refractivity contribution < 1.29 is 9.90 Å². The number of aliphatic imine (C=N–C) groups is 1. The first-order valence-corrected chi connectivity index (χ1v) is 6.52. The van der Waals surface area contributed by atoms with Gasteiger partial charge in [-0.3, -0.25) is 9.79 Å². The number of rotatable bonds is 7. The van der Waals surface area contributed by atoms with Gasteiger partial charge in [0, 0.05) is 11.5 Å². The largest absolute Gasteiger partial charge is 0.480 e. The molecule has 2 atom stereocenters. The van der Waals surface area contributed by atoms with Gasteiger partial charge in [0.1, 0.15) is 6.04 Å². The Labute approximate surface area is 99.7 Å². The summed E-state index contributed by atoms with van der Waals surface area (Å²) in [5.41, 5.74) is 11.0. The smallest absolute Gasteiger partial charge is 0.321 e. The van der Waals surface area contributed by atoms with E-state index < -0.39 is 12.0 Å². The minimum absolute atomic E-state index is 0.232. The van der Waals surface area contributed by atoms with Gasteiger partial charge in [-0.15, -0.1) is 0 Å². The maximum atomic E-state index is 10.5. The van der Waals surface area contributed by atoms with Crippen LogP contribution in [-0.2, 0) is 4.79 Å². The molecule has 1 saturated carbocycles. The molecular weight excluding hydrogens is 226 g/mol. The van der Waals surface area contributed by atoms with E-state index in [9.17, 15) is 4.79 Å². The number of carbonyl (C=O) groups is 1. The van der Waals surface area contributed by atoms with Crippen molar-refractivity contribution in [2.45, 2.75) is 31.8 Å². The van der Waals surface area contributed by atoms with E-state index >= 15 is 0 Å². The molecule has 1 fully saturated rings. The summed E-state index contributed by atoms with van der Waals surface area (Å²) in [6, 6.07) is -0.552. The maximum Gasteiger partial charge on any atom is 0.321 e. The van der Waals surface area contributed by atoms with Gasteiger partial charge in [-0.25, -0.2) is 0 Å². The molecule has 1 aliphatic carbocycles. The number of nitrogens with two attached hydrogens (primary N) is 2. The third-order valence-electron chi connectivity index (χ3n) is 2.44. The van der Waals surface area contributed by atoms with Crippen LogP contribution in [-0.4, -0.2) is 40.5 Å². The van der Waals surface area contributed by atoms with E-state index in [1.165, 1.54) is 24.6 Å². The van der Waals surface area contributed by atoms with Crippen LogP contribution in [0.3, 0.4) is 0 Å². The highest BCUT2D eigenvalue weighted by molar-refractivity contribution is 7.99. The van der Waals surface area contributed by atoms with E-state index in [0.29, 0.717) is 17.5 Å². The summed E-state index contributed by atoms with van der Waals surface area (Å²) in [7, 11) is 0. The second-order valence-electron chi connectivity index (χ2n) is 4.16. The number of carboxylic acid groups (broad SMARTS) is 1. The standard InChI is InChI=1S/C10H19N3O2S/c1-6(11)13-9(7-2-3-7)5-16-4-8(12)10(14)15/h7-9H,2-5,12H2,1H3,(H2,11,13)(H,14,15). The third kappa shape index (κ3) is 4.85. The lowest BCUT2D eigenvalue weighted by molar-refractivity contribution is -0.137.